The summed E-state index contributed by atoms with van der Waals surface area (Å²) in [6, 6.07) is 8.19. The van der Waals surface area contributed by atoms with Gasteiger partial charge in [-0.3, -0.25) is 0 Å². The molecular formula is C21H24FN5O2. The second-order valence-corrected chi connectivity index (χ2v) is 7.50. The molecule has 0 unspecified atom stereocenters. The van der Waals surface area contributed by atoms with Crippen LogP contribution in [0.1, 0.15) is 24.6 Å². The van der Waals surface area contributed by atoms with Crippen molar-refractivity contribution in [2.24, 2.45) is 0 Å². The number of rotatable bonds is 3. The zero-order valence-corrected chi connectivity index (χ0v) is 16.8. The van der Waals surface area contributed by atoms with Gasteiger partial charge in [-0.1, -0.05) is 0 Å². The normalized spacial score (nSPS) is 16.8. The van der Waals surface area contributed by atoms with E-state index in [1.54, 1.807) is 36.7 Å². The van der Waals surface area contributed by atoms with Gasteiger partial charge < -0.3 is 14.5 Å². The number of halogens is 1. The molecule has 2 amide bonds. The third-order valence-electron chi connectivity index (χ3n) is 5.26. The third-order valence-corrected chi connectivity index (χ3v) is 5.26. The standard InChI is InChI=1S/C21H24FN5O2/c1-25(2)21(28)26-10-4-5-15(12-26)20-23-19-9-6-14(13-27(19)24-20)17-11-16(22)7-8-18(17)29-3/h6-9,11,13,15H,4-5,10,12H2,1-3H3/t15-/m0/s1. The van der Waals surface area contributed by atoms with Crippen LogP contribution in [0.2, 0.25) is 0 Å². The molecule has 3 aromatic rings. The van der Waals surface area contributed by atoms with Gasteiger partial charge in [-0.05, 0) is 43.2 Å². The molecule has 1 aromatic carbocycles. The molecule has 152 valence electrons. The Morgan fingerprint density at radius 2 is 2.10 bits per heavy atom. The van der Waals surface area contributed by atoms with E-state index >= 15 is 0 Å². The van der Waals surface area contributed by atoms with Gasteiger partial charge in [0.05, 0.1) is 7.11 Å². The number of methoxy groups -OCH3 is 1. The van der Waals surface area contributed by atoms with Crippen molar-refractivity contribution in [1.82, 2.24) is 24.4 Å². The summed E-state index contributed by atoms with van der Waals surface area (Å²) in [7, 11) is 5.08. The summed E-state index contributed by atoms with van der Waals surface area (Å²) in [6.45, 7) is 1.36. The summed E-state index contributed by atoms with van der Waals surface area (Å²) in [5.74, 6) is 1.09. The zero-order valence-electron chi connectivity index (χ0n) is 16.8. The van der Waals surface area contributed by atoms with E-state index in [9.17, 15) is 9.18 Å². The maximum atomic E-state index is 13.8. The lowest BCUT2D eigenvalue weighted by molar-refractivity contribution is 0.153. The Hall–Kier alpha value is -3.16. The molecule has 1 fully saturated rings. The minimum absolute atomic E-state index is 0.0129. The van der Waals surface area contributed by atoms with E-state index in [2.05, 4.69) is 10.1 Å². The number of pyridine rings is 1. The van der Waals surface area contributed by atoms with Gasteiger partial charge >= 0.3 is 6.03 Å². The average Bonchev–Trinajstić information content (AvgIpc) is 3.16. The summed E-state index contributed by atoms with van der Waals surface area (Å²) in [5.41, 5.74) is 2.17. The minimum Gasteiger partial charge on any atom is -0.496 e. The summed E-state index contributed by atoms with van der Waals surface area (Å²) < 4.78 is 20.8. The van der Waals surface area contributed by atoms with E-state index in [1.807, 2.05) is 23.2 Å². The number of nitrogens with zero attached hydrogens (tertiary/aromatic N) is 5. The molecule has 0 aliphatic carbocycles. The van der Waals surface area contributed by atoms with Crippen LogP contribution in [0.4, 0.5) is 9.18 Å². The maximum absolute atomic E-state index is 13.8. The lowest BCUT2D eigenvalue weighted by Crippen LogP contribution is -2.44. The van der Waals surface area contributed by atoms with Crippen LogP contribution in [-0.4, -0.2) is 64.7 Å². The van der Waals surface area contributed by atoms with E-state index in [-0.39, 0.29) is 17.8 Å². The summed E-state index contributed by atoms with van der Waals surface area (Å²) in [6.07, 6.45) is 3.69. The molecule has 1 atom stereocenters. The molecule has 1 aliphatic rings. The van der Waals surface area contributed by atoms with Gasteiger partial charge in [0.2, 0.25) is 0 Å². The van der Waals surface area contributed by atoms with Crippen LogP contribution >= 0.6 is 0 Å². The Kier molecular flexibility index (Phi) is 5.08. The summed E-state index contributed by atoms with van der Waals surface area (Å²) in [4.78, 5) is 20.4. The molecule has 0 bridgehead atoms. The molecule has 0 spiro atoms. The van der Waals surface area contributed by atoms with Crippen molar-refractivity contribution in [3.63, 3.8) is 0 Å². The van der Waals surface area contributed by atoms with Gasteiger partial charge in [0.25, 0.3) is 0 Å². The highest BCUT2D eigenvalue weighted by Crippen LogP contribution is 2.31. The number of fused-ring (bicyclic) bond motifs is 1. The monoisotopic (exact) mass is 397 g/mol. The second kappa shape index (κ2) is 7.69. The lowest BCUT2D eigenvalue weighted by Gasteiger charge is -2.33. The molecule has 1 saturated heterocycles. The van der Waals surface area contributed by atoms with Crippen LogP contribution in [0.25, 0.3) is 16.8 Å². The first kappa shape index (κ1) is 19.2. The number of hydrogen-bond donors (Lipinski definition) is 0. The number of urea groups is 1. The van der Waals surface area contributed by atoms with E-state index in [1.165, 1.54) is 12.1 Å². The quantitative estimate of drug-likeness (QED) is 0.680. The van der Waals surface area contributed by atoms with Crippen molar-refractivity contribution < 1.29 is 13.9 Å². The fraction of sp³-hybridized carbons (Fsp3) is 0.381. The molecule has 7 nitrogen and oxygen atoms in total. The van der Waals surface area contributed by atoms with Crippen LogP contribution in [0.5, 0.6) is 5.75 Å². The number of ether oxygens (including phenoxy) is 1. The van der Waals surface area contributed by atoms with Gasteiger partial charge in [0, 0.05) is 50.4 Å². The number of carbonyl (C=O) groups excluding carboxylic acids is 1. The number of amides is 2. The SMILES string of the molecule is COc1ccc(F)cc1-c1ccc2nc([C@H]3CCCN(C(=O)N(C)C)C3)nn2c1. The highest BCUT2D eigenvalue weighted by Gasteiger charge is 2.28. The fourth-order valence-electron chi connectivity index (χ4n) is 3.78. The molecule has 4 rings (SSSR count). The highest BCUT2D eigenvalue weighted by molar-refractivity contribution is 5.74. The summed E-state index contributed by atoms with van der Waals surface area (Å²) in [5, 5.41) is 4.66. The van der Waals surface area contributed by atoms with E-state index in [4.69, 9.17) is 4.74 Å². The van der Waals surface area contributed by atoms with Gasteiger partial charge in [-0.25, -0.2) is 18.7 Å². The second-order valence-electron chi connectivity index (χ2n) is 7.50. The van der Waals surface area contributed by atoms with E-state index in [0.717, 1.165) is 36.4 Å². The number of likely N-dealkylation sites (tertiary alicyclic amines) is 1. The van der Waals surface area contributed by atoms with Crippen LogP contribution in [-0.2, 0) is 0 Å². The number of hydrogen-bond acceptors (Lipinski definition) is 4. The van der Waals surface area contributed by atoms with Gasteiger partial charge in [0.1, 0.15) is 11.6 Å². The van der Waals surface area contributed by atoms with Crippen molar-refractivity contribution in [3.05, 3.63) is 48.2 Å². The van der Waals surface area contributed by atoms with Crippen molar-refractivity contribution in [3.8, 4) is 16.9 Å². The van der Waals surface area contributed by atoms with Crippen LogP contribution < -0.4 is 4.74 Å². The van der Waals surface area contributed by atoms with Crippen LogP contribution in [0.3, 0.4) is 0 Å². The largest absolute Gasteiger partial charge is 0.496 e. The number of carbonyl (C=O) groups is 1. The van der Waals surface area contributed by atoms with Crippen molar-refractivity contribution in [2.75, 3.05) is 34.3 Å². The molecule has 0 radical (unpaired) electrons. The minimum atomic E-state index is -0.326. The molecule has 8 heteroatoms. The predicted molar refractivity (Wildman–Crippen MR) is 108 cm³/mol. The smallest absolute Gasteiger partial charge is 0.319 e. The molecular weight excluding hydrogens is 373 g/mol. The highest BCUT2D eigenvalue weighted by atomic mass is 19.1. The zero-order chi connectivity index (χ0) is 20.5. The first-order valence-corrected chi connectivity index (χ1v) is 9.62. The number of aromatic nitrogens is 3. The summed E-state index contributed by atoms with van der Waals surface area (Å²) >= 11 is 0. The molecule has 0 N–H and O–H groups in total. The Labute approximate surface area is 168 Å². The number of piperidine rings is 1. The lowest BCUT2D eigenvalue weighted by atomic mass is 9.98. The van der Waals surface area contributed by atoms with Crippen molar-refractivity contribution in [2.45, 2.75) is 18.8 Å². The Bertz CT molecular complexity index is 1050. The maximum Gasteiger partial charge on any atom is 0.319 e. The molecule has 0 saturated carbocycles. The van der Waals surface area contributed by atoms with E-state index < -0.39 is 0 Å². The Morgan fingerprint density at radius 1 is 1.28 bits per heavy atom. The van der Waals surface area contributed by atoms with Crippen molar-refractivity contribution in [1.29, 1.82) is 0 Å². The topological polar surface area (TPSA) is 63.0 Å². The van der Waals surface area contributed by atoms with Gasteiger partial charge in [-0.2, -0.15) is 5.10 Å². The Balaban J connectivity index is 1.64. The molecule has 1 aliphatic heterocycles. The van der Waals surface area contributed by atoms with Crippen LogP contribution in [0.15, 0.2) is 36.5 Å². The molecule has 29 heavy (non-hydrogen) atoms. The predicted octanol–water partition coefficient (Wildman–Crippen LogP) is 3.41. The first-order chi connectivity index (χ1) is 14.0. The molecule has 3 heterocycles. The Morgan fingerprint density at radius 3 is 2.86 bits per heavy atom. The fourth-order valence-corrected chi connectivity index (χ4v) is 3.78. The van der Waals surface area contributed by atoms with Crippen LogP contribution in [0, 0.1) is 5.82 Å². The molecule has 2 aromatic heterocycles. The average molecular weight is 397 g/mol. The van der Waals surface area contributed by atoms with Crippen molar-refractivity contribution >= 4 is 11.7 Å². The van der Waals surface area contributed by atoms with E-state index in [0.29, 0.717) is 17.9 Å². The third kappa shape index (κ3) is 3.74. The van der Waals surface area contributed by atoms with Gasteiger partial charge in [0.15, 0.2) is 11.5 Å². The van der Waals surface area contributed by atoms with Gasteiger partial charge in [-0.15, -0.1) is 0 Å². The first-order valence-electron chi connectivity index (χ1n) is 9.62. The number of benzene rings is 1.